The second-order valence-corrected chi connectivity index (χ2v) is 5.31. The molecule has 2 rings (SSSR count). The fraction of sp³-hybridized carbons (Fsp3) is 0.500. The molecule has 1 amide bonds. The fourth-order valence-corrected chi connectivity index (χ4v) is 2.82. The minimum atomic E-state index is -0.315. The molecule has 0 bridgehead atoms. The van der Waals surface area contributed by atoms with Gasteiger partial charge in [0.2, 0.25) is 5.91 Å². The summed E-state index contributed by atoms with van der Waals surface area (Å²) in [5.41, 5.74) is 6.31. The average molecular weight is 267 g/mol. The van der Waals surface area contributed by atoms with Crippen LogP contribution < -0.4 is 11.1 Å². The Hall–Kier alpha value is -1.22. The van der Waals surface area contributed by atoms with Crippen LogP contribution in [0.5, 0.6) is 0 Å². The lowest BCUT2D eigenvalue weighted by molar-refractivity contribution is -0.120. The Morgan fingerprint density at radius 3 is 2.56 bits per heavy atom. The van der Waals surface area contributed by atoms with E-state index in [1.54, 1.807) is 0 Å². The van der Waals surface area contributed by atoms with Gasteiger partial charge in [-0.25, -0.2) is 0 Å². The van der Waals surface area contributed by atoms with E-state index in [0.717, 1.165) is 18.5 Å². The Labute approximate surface area is 113 Å². The molecule has 1 aromatic rings. The molecule has 1 aliphatic carbocycles. The first-order valence-corrected chi connectivity index (χ1v) is 6.86. The zero-order chi connectivity index (χ0) is 13.0. The largest absolute Gasteiger partial charge is 0.372 e. The van der Waals surface area contributed by atoms with Crippen molar-refractivity contribution in [1.82, 2.24) is 0 Å². The van der Waals surface area contributed by atoms with Crippen molar-refractivity contribution < 1.29 is 4.79 Å². The monoisotopic (exact) mass is 266 g/mol. The Kier molecular flexibility index (Phi) is 4.48. The van der Waals surface area contributed by atoms with Gasteiger partial charge in [0.15, 0.2) is 0 Å². The molecule has 0 heterocycles. The van der Waals surface area contributed by atoms with Crippen molar-refractivity contribution in [2.24, 2.45) is 11.7 Å². The summed E-state index contributed by atoms with van der Waals surface area (Å²) in [5, 5.41) is 3.83. The van der Waals surface area contributed by atoms with Gasteiger partial charge in [0.05, 0.1) is 10.7 Å². The molecule has 1 fully saturated rings. The Bertz CT molecular complexity index is 416. The molecule has 1 atom stereocenters. The van der Waals surface area contributed by atoms with Crippen LogP contribution >= 0.6 is 11.6 Å². The Balaban J connectivity index is 2.11. The molecule has 98 valence electrons. The topological polar surface area (TPSA) is 55.1 Å². The summed E-state index contributed by atoms with van der Waals surface area (Å²) in [7, 11) is 0. The van der Waals surface area contributed by atoms with Crippen LogP contribution in [0.25, 0.3) is 0 Å². The standard InChI is InChI=1S/C14H19ClN2O/c15-11-8-4-5-9-12(11)17-13(14(16)18)10-6-2-1-3-7-10/h4-5,8-10,13,17H,1-3,6-7H2,(H2,16,18). The maximum absolute atomic E-state index is 11.6. The number of halogens is 1. The Morgan fingerprint density at radius 1 is 1.28 bits per heavy atom. The summed E-state index contributed by atoms with van der Waals surface area (Å²) in [4.78, 5) is 11.6. The zero-order valence-corrected chi connectivity index (χ0v) is 11.1. The molecule has 1 unspecified atom stereocenters. The summed E-state index contributed by atoms with van der Waals surface area (Å²) < 4.78 is 0. The lowest BCUT2D eigenvalue weighted by atomic mass is 9.83. The number of hydrogen-bond donors (Lipinski definition) is 2. The Morgan fingerprint density at radius 2 is 1.94 bits per heavy atom. The number of hydrogen-bond acceptors (Lipinski definition) is 2. The number of amides is 1. The van der Waals surface area contributed by atoms with Crippen LogP contribution in [0.1, 0.15) is 32.1 Å². The highest BCUT2D eigenvalue weighted by Gasteiger charge is 2.28. The van der Waals surface area contributed by atoms with Crippen molar-refractivity contribution in [2.75, 3.05) is 5.32 Å². The van der Waals surface area contributed by atoms with E-state index < -0.39 is 0 Å². The quantitative estimate of drug-likeness (QED) is 0.879. The van der Waals surface area contributed by atoms with Crippen molar-refractivity contribution in [3.8, 4) is 0 Å². The van der Waals surface area contributed by atoms with Gasteiger partial charge in [-0.1, -0.05) is 43.0 Å². The molecule has 0 spiro atoms. The van der Waals surface area contributed by atoms with E-state index in [9.17, 15) is 4.79 Å². The number of nitrogens with two attached hydrogens (primary N) is 1. The van der Waals surface area contributed by atoms with E-state index >= 15 is 0 Å². The van der Waals surface area contributed by atoms with Crippen LogP contribution in [0.2, 0.25) is 5.02 Å². The van der Waals surface area contributed by atoms with Crippen LogP contribution in [0.3, 0.4) is 0 Å². The van der Waals surface area contributed by atoms with Gasteiger partial charge in [-0.3, -0.25) is 4.79 Å². The highest BCUT2D eigenvalue weighted by atomic mass is 35.5. The molecule has 3 nitrogen and oxygen atoms in total. The van der Waals surface area contributed by atoms with Crippen molar-refractivity contribution in [1.29, 1.82) is 0 Å². The van der Waals surface area contributed by atoms with Crippen molar-refractivity contribution in [3.05, 3.63) is 29.3 Å². The van der Waals surface area contributed by atoms with E-state index in [1.165, 1.54) is 19.3 Å². The number of rotatable bonds is 4. The fourth-order valence-electron chi connectivity index (χ4n) is 2.63. The molecule has 0 aliphatic heterocycles. The first-order chi connectivity index (χ1) is 8.68. The van der Waals surface area contributed by atoms with Gasteiger partial charge < -0.3 is 11.1 Å². The van der Waals surface area contributed by atoms with E-state index in [0.29, 0.717) is 10.9 Å². The van der Waals surface area contributed by atoms with E-state index in [-0.39, 0.29) is 11.9 Å². The minimum Gasteiger partial charge on any atom is -0.372 e. The maximum Gasteiger partial charge on any atom is 0.240 e. The second kappa shape index (κ2) is 6.10. The van der Waals surface area contributed by atoms with Crippen molar-refractivity contribution in [3.63, 3.8) is 0 Å². The normalized spacial score (nSPS) is 18.3. The molecule has 1 aliphatic rings. The summed E-state index contributed by atoms with van der Waals surface area (Å²) in [5.74, 6) is 0.0364. The highest BCUT2D eigenvalue weighted by Crippen LogP contribution is 2.30. The smallest absolute Gasteiger partial charge is 0.240 e. The lowest BCUT2D eigenvalue weighted by Gasteiger charge is -2.29. The van der Waals surface area contributed by atoms with Crippen molar-refractivity contribution >= 4 is 23.2 Å². The number of anilines is 1. The van der Waals surface area contributed by atoms with E-state index in [4.69, 9.17) is 17.3 Å². The number of carbonyl (C=O) groups is 1. The third-order valence-electron chi connectivity index (χ3n) is 3.61. The maximum atomic E-state index is 11.6. The van der Waals surface area contributed by atoms with E-state index in [1.807, 2.05) is 24.3 Å². The van der Waals surface area contributed by atoms with Gasteiger partial charge in [0.25, 0.3) is 0 Å². The molecular formula is C14H19ClN2O. The van der Waals surface area contributed by atoms with Gasteiger partial charge in [-0.2, -0.15) is 0 Å². The number of nitrogens with one attached hydrogen (secondary N) is 1. The van der Waals surface area contributed by atoms with Crippen LogP contribution in [-0.2, 0) is 4.79 Å². The third kappa shape index (κ3) is 3.16. The minimum absolute atomic E-state index is 0.290. The van der Waals surface area contributed by atoms with Crippen molar-refractivity contribution in [2.45, 2.75) is 38.1 Å². The molecule has 0 radical (unpaired) electrons. The first-order valence-electron chi connectivity index (χ1n) is 6.49. The van der Waals surface area contributed by atoms with Gasteiger partial charge in [0, 0.05) is 0 Å². The number of para-hydroxylation sites is 1. The summed E-state index contributed by atoms with van der Waals surface area (Å²) in [6, 6.07) is 7.13. The molecule has 1 aromatic carbocycles. The number of benzene rings is 1. The van der Waals surface area contributed by atoms with Gasteiger partial charge in [-0.05, 0) is 30.9 Å². The van der Waals surface area contributed by atoms with Crippen LogP contribution in [0, 0.1) is 5.92 Å². The molecule has 1 saturated carbocycles. The summed E-state index contributed by atoms with van der Waals surface area (Å²) >= 11 is 6.10. The lowest BCUT2D eigenvalue weighted by Crippen LogP contribution is -2.42. The van der Waals surface area contributed by atoms with E-state index in [2.05, 4.69) is 5.32 Å². The number of carbonyl (C=O) groups excluding carboxylic acids is 1. The van der Waals surface area contributed by atoms with Gasteiger partial charge in [0.1, 0.15) is 6.04 Å². The second-order valence-electron chi connectivity index (χ2n) is 4.90. The SMILES string of the molecule is NC(=O)C(Nc1ccccc1Cl)C1CCCCC1. The first kappa shape index (κ1) is 13.2. The molecule has 18 heavy (non-hydrogen) atoms. The third-order valence-corrected chi connectivity index (χ3v) is 3.94. The van der Waals surface area contributed by atoms with Gasteiger partial charge >= 0.3 is 0 Å². The van der Waals surface area contributed by atoms with Crippen LogP contribution in [0.4, 0.5) is 5.69 Å². The summed E-state index contributed by atoms with van der Waals surface area (Å²) in [6.45, 7) is 0. The molecule has 0 saturated heterocycles. The average Bonchev–Trinajstić information content (AvgIpc) is 2.38. The van der Waals surface area contributed by atoms with Gasteiger partial charge in [-0.15, -0.1) is 0 Å². The molecular weight excluding hydrogens is 248 g/mol. The zero-order valence-electron chi connectivity index (χ0n) is 10.4. The molecule has 4 heteroatoms. The predicted molar refractivity (Wildman–Crippen MR) is 74.6 cm³/mol. The highest BCUT2D eigenvalue weighted by molar-refractivity contribution is 6.33. The number of primary amides is 1. The summed E-state index contributed by atoms with van der Waals surface area (Å²) in [6.07, 6.45) is 5.74. The molecule has 3 N–H and O–H groups in total. The predicted octanol–water partition coefficient (Wildman–Crippen LogP) is 3.19. The van der Waals surface area contributed by atoms with Crippen LogP contribution in [0.15, 0.2) is 24.3 Å². The van der Waals surface area contributed by atoms with Crippen LogP contribution in [-0.4, -0.2) is 11.9 Å². The molecule has 0 aromatic heterocycles.